The van der Waals surface area contributed by atoms with Crippen molar-refractivity contribution in [2.45, 2.75) is 45.1 Å². The van der Waals surface area contributed by atoms with Gasteiger partial charge >= 0.3 is 0 Å². The number of fused-ring (bicyclic) bond motifs is 1. The molecule has 2 aromatic carbocycles. The number of aromatic amines is 1. The Hall–Kier alpha value is -3.61. The fourth-order valence-corrected chi connectivity index (χ4v) is 4.41. The molecule has 4 aromatic rings. The van der Waals surface area contributed by atoms with Crippen LogP contribution in [0.3, 0.4) is 0 Å². The maximum absolute atomic E-state index is 12.4. The maximum Gasteiger partial charge on any atom is 0.205 e. The van der Waals surface area contributed by atoms with Gasteiger partial charge in [-0.15, -0.1) is 10.2 Å². The molecule has 2 aromatic heterocycles. The summed E-state index contributed by atoms with van der Waals surface area (Å²) in [5, 5.41) is 14.5. The van der Waals surface area contributed by atoms with Crippen LogP contribution < -0.4 is 0 Å². The highest BCUT2D eigenvalue weighted by Gasteiger charge is 2.29. The molecule has 3 heterocycles. The number of aryl methyl sites for hydroxylation is 1. The summed E-state index contributed by atoms with van der Waals surface area (Å²) in [5.74, 6) is 1.33. The normalized spacial score (nSPS) is 15.8. The van der Waals surface area contributed by atoms with Crippen LogP contribution >= 0.6 is 0 Å². The Morgan fingerprint density at radius 3 is 2.65 bits per heavy atom. The van der Waals surface area contributed by atoms with Crippen LogP contribution in [-0.4, -0.2) is 36.0 Å². The van der Waals surface area contributed by atoms with Gasteiger partial charge in [-0.3, -0.25) is 4.79 Å². The molecule has 0 fully saturated rings. The molecule has 0 saturated heterocycles. The van der Waals surface area contributed by atoms with Crippen molar-refractivity contribution < 1.29 is 4.79 Å². The third-order valence-corrected chi connectivity index (χ3v) is 5.99. The molecular formula is C24H24N6O. The Kier molecular flexibility index (Phi) is 5.16. The molecule has 0 saturated carbocycles. The fraction of sp³-hybridized carbons (Fsp3) is 0.292. The molecule has 1 N–H and O–H groups in total. The number of ketones is 1. The number of unbranched alkanes of at least 4 members (excludes halogenated alkanes) is 1. The minimum atomic E-state index is 0.142. The summed E-state index contributed by atoms with van der Waals surface area (Å²) in [4.78, 5) is 16.9. The van der Waals surface area contributed by atoms with E-state index < -0.39 is 0 Å². The number of H-pyrrole nitrogens is 1. The van der Waals surface area contributed by atoms with Gasteiger partial charge in [0.2, 0.25) is 5.82 Å². The molecule has 31 heavy (non-hydrogen) atoms. The number of benzene rings is 2. The lowest BCUT2D eigenvalue weighted by atomic mass is 9.93. The number of carbonyl (C=O) groups excluding carboxylic acids is 1. The molecule has 1 aliphatic heterocycles. The van der Waals surface area contributed by atoms with Crippen molar-refractivity contribution in [3.63, 3.8) is 0 Å². The summed E-state index contributed by atoms with van der Waals surface area (Å²) in [5.41, 5.74) is 5.44. The van der Waals surface area contributed by atoms with Crippen LogP contribution in [0.25, 0.3) is 22.5 Å². The Bertz CT molecular complexity index is 1190. The lowest BCUT2D eigenvalue weighted by Crippen LogP contribution is -2.25. The van der Waals surface area contributed by atoms with Crippen LogP contribution in [0.2, 0.25) is 0 Å². The van der Waals surface area contributed by atoms with Crippen LogP contribution in [0.15, 0.2) is 54.7 Å². The van der Waals surface area contributed by atoms with Crippen molar-refractivity contribution in [3.05, 3.63) is 71.8 Å². The molecule has 0 spiro atoms. The van der Waals surface area contributed by atoms with Gasteiger partial charge in [-0.05, 0) is 41.2 Å². The first kappa shape index (κ1) is 19.4. The van der Waals surface area contributed by atoms with Crippen LogP contribution in [-0.2, 0) is 6.42 Å². The number of rotatable bonds is 6. The number of carbonyl (C=O) groups is 1. The quantitative estimate of drug-likeness (QED) is 0.498. The summed E-state index contributed by atoms with van der Waals surface area (Å²) in [7, 11) is 0. The second kappa shape index (κ2) is 8.26. The highest BCUT2D eigenvalue weighted by Crippen LogP contribution is 2.35. The first-order valence-corrected chi connectivity index (χ1v) is 10.8. The van der Waals surface area contributed by atoms with E-state index in [4.69, 9.17) is 0 Å². The van der Waals surface area contributed by atoms with Crippen LogP contribution in [0.1, 0.15) is 60.5 Å². The summed E-state index contributed by atoms with van der Waals surface area (Å²) < 4.78 is 2.17. The average molecular weight is 412 g/mol. The number of hydrogen-bond donors (Lipinski definition) is 1. The molecule has 7 heteroatoms. The Morgan fingerprint density at radius 1 is 1.10 bits per heavy atom. The zero-order valence-electron chi connectivity index (χ0n) is 17.5. The second-order valence-electron chi connectivity index (χ2n) is 7.93. The molecule has 0 bridgehead atoms. The largest absolute Gasteiger partial charge is 0.318 e. The molecular weight excluding hydrogens is 388 g/mol. The first-order chi connectivity index (χ1) is 15.3. The minimum absolute atomic E-state index is 0.142. The topological polar surface area (TPSA) is 89.3 Å². The molecule has 1 unspecified atom stereocenters. The number of aromatic nitrogens is 6. The van der Waals surface area contributed by atoms with Gasteiger partial charge in [0, 0.05) is 23.9 Å². The van der Waals surface area contributed by atoms with Crippen LogP contribution in [0, 0.1) is 0 Å². The summed E-state index contributed by atoms with van der Waals surface area (Å²) >= 11 is 0. The van der Waals surface area contributed by atoms with E-state index in [1.807, 2.05) is 24.4 Å². The summed E-state index contributed by atoms with van der Waals surface area (Å²) in [6.07, 6.45) is 6.39. The number of hydrogen-bond acceptors (Lipinski definition) is 5. The van der Waals surface area contributed by atoms with Gasteiger partial charge in [0.1, 0.15) is 0 Å². The van der Waals surface area contributed by atoms with Gasteiger partial charge in [0.25, 0.3) is 0 Å². The molecule has 0 radical (unpaired) electrons. The predicted molar refractivity (Wildman–Crippen MR) is 118 cm³/mol. The van der Waals surface area contributed by atoms with Crippen molar-refractivity contribution in [1.29, 1.82) is 0 Å². The van der Waals surface area contributed by atoms with E-state index in [0.717, 1.165) is 48.1 Å². The van der Waals surface area contributed by atoms with Crippen molar-refractivity contribution in [2.24, 2.45) is 0 Å². The molecule has 7 nitrogen and oxygen atoms in total. The third-order valence-electron chi connectivity index (χ3n) is 5.99. The van der Waals surface area contributed by atoms with Gasteiger partial charge in [-0.1, -0.05) is 61.9 Å². The third kappa shape index (κ3) is 3.56. The highest BCUT2D eigenvalue weighted by molar-refractivity contribution is 5.93. The zero-order chi connectivity index (χ0) is 21.2. The van der Waals surface area contributed by atoms with Gasteiger partial charge in [0.05, 0.1) is 6.04 Å². The second-order valence-corrected chi connectivity index (χ2v) is 7.93. The van der Waals surface area contributed by atoms with Crippen molar-refractivity contribution >= 4 is 5.78 Å². The van der Waals surface area contributed by atoms with Gasteiger partial charge in [-0.25, -0.2) is 4.98 Å². The van der Waals surface area contributed by atoms with E-state index in [0.29, 0.717) is 18.1 Å². The Morgan fingerprint density at radius 2 is 1.90 bits per heavy atom. The maximum atomic E-state index is 12.4. The average Bonchev–Trinajstić information content (AvgIpc) is 3.49. The number of nitrogens with zero attached hydrogens (tertiary/aromatic N) is 5. The summed E-state index contributed by atoms with van der Waals surface area (Å²) in [6, 6.07) is 16.8. The van der Waals surface area contributed by atoms with Crippen LogP contribution in [0.4, 0.5) is 0 Å². The van der Waals surface area contributed by atoms with Crippen molar-refractivity contribution in [1.82, 2.24) is 30.2 Å². The first-order valence-electron chi connectivity index (χ1n) is 10.8. The zero-order valence-corrected chi connectivity index (χ0v) is 17.5. The van der Waals surface area contributed by atoms with E-state index in [2.05, 4.69) is 67.4 Å². The van der Waals surface area contributed by atoms with Gasteiger partial charge in [-0.2, -0.15) is 5.21 Å². The molecule has 1 aliphatic rings. The van der Waals surface area contributed by atoms with E-state index >= 15 is 0 Å². The lowest BCUT2D eigenvalue weighted by Gasteiger charge is -2.27. The molecule has 156 valence electrons. The molecule has 1 atom stereocenters. The number of Topliss-reactive ketones (excluding diaryl/α,β-unsaturated/α-hetero) is 1. The lowest BCUT2D eigenvalue weighted by molar-refractivity contribution is 0.0941. The highest BCUT2D eigenvalue weighted by atomic mass is 16.1. The molecule has 0 amide bonds. The van der Waals surface area contributed by atoms with Crippen molar-refractivity contribution in [3.8, 4) is 22.5 Å². The van der Waals surface area contributed by atoms with Crippen molar-refractivity contribution in [2.75, 3.05) is 0 Å². The smallest absolute Gasteiger partial charge is 0.205 e. The van der Waals surface area contributed by atoms with Gasteiger partial charge < -0.3 is 4.57 Å². The Labute approximate surface area is 180 Å². The standard InChI is InChI=1S/C24H24N6O/c1-2-3-6-18-15-25-24-22(31)14-13-21(30(18)24)17-11-9-16(10-12-17)19-7-4-5-8-20(19)23-26-28-29-27-23/h4-5,7-12,15,21H,2-3,6,13-14H2,1H3,(H,26,27,28,29). The van der Waals surface area contributed by atoms with E-state index in [9.17, 15) is 4.79 Å². The summed E-state index contributed by atoms with van der Waals surface area (Å²) in [6.45, 7) is 2.18. The number of imidazole rings is 1. The van der Waals surface area contributed by atoms with Crippen LogP contribution in [0.5, 0.6) is 0 Å². The van der Waals surface area contributed by atoms with E-state index in [-0.39, 0.29) is 11.8 Å². The molecule has 0 aliphatic carbocycles. The monoisotopic (exact) mass is 412 g/mol. The minimum Gasteiger partial charge on any atom is -0.318 e. The van der Waals surface area contributed by atoms with E-state index in [1.165, 1.54) is 5.56 Å². The van der Waals surface area contributed by atoms with E-state index in [1.54, 1.807) is 0 Å². The number of tetrazole rings is 1. The Balaban J connectivity index is 1.50. The molecule has 5 rings (SSSR count). The predicted octanol–water partition coefficient (Wildman–Crippen LogP) is 4.64. The fourth-order valence-electron chi connectivity index (χ4n) is 4.41. The van der Waals surface area contributed by atoms with Gasteiger partial charge in [0.15, 0.2) is 11.6 Å². The number of nitrogens with one attached hydrogen (secondary N) is 1. The SMILES string of the molecule is CCCCc1cnc2n1C(c1ccc(-c3ccccc3-c3nn[nH]n3)cc1)CCC2=O.